The summed E-state index contributed by atoms with van der Waals surface area (Å²) in [6, 6.07) is 0. The average Bonchev–Trinajstić information content (AvgIpc) is 2.94. The Balaban J connectivity index is 2.21. The van der Waals surface area contributed by atoms with Gasteiger partial charge in [0.25, 0.3) is 0 Å². The maximum absolute atomic E-state index is 11.1. The molecule has 0 N–H and O–H groups in total. The van der Waals surface area contributed by atoms with Crippen LogP contribution in [0.15, 0.2) is 23.3 Å². The fourth-order valence-corrected chi connectivity index (χ4v) is 2.45. The minimum absolute atomic E-state index is 0.255. The number of rotatable bonds is 7. The van der Waals surface area contributed by atoms with E-state index < -0.39 is 0 Å². The zero-order valence-corrected chi connectivity index (χ0v) is 13.1. The highest BCUT2D eigenvalue weighted by Gasteiger charge is 2.44. The summed E-state index contributed by atoms with van der Waals surface area (Å²) in [6.07, 6.45) is 9.77. The third-order valence-corrected chi connectivity index (χ3v) is 4.20. The number of allylic oxidation sites excluding steroid dienone is 3. The maximum Gasteiger partial charge on any atom is 0.330 e. The molecule has 1 rings (SSSR count). The van der Waals surface area contributed by atoms with Crippen molar-refractivity contribution in [2.24, 2.45) is 11.3 Å². The van der Waals surface area contributed by atoms with Gasteiger partial charge in [-0.15, -0.1) is 0 Å². The van der Waals surface area contributed by atoms with Crippen LogP contribution in [-0.2, 0) is 9.53 Å². The lowest BCUT2D eigenvalue weighted by Crippen LogP contribution is -1.95. The Morgan fingerprint density at radius 3 is 2.42 bits per heavy atom. The molecule has 1 aliphatic rings. The molecule has 0 aliphatic heterocycles. The van der Waals surface area contributed by atoms with Crippen LogP contribution in [0.2, 0.25) is 0 Å². The minimum atomic E-state index is -0.255. The molecule has 2 nitrogen and oxygen atoms in total. The smallest absolute Gasteiger partial charge is 0.330 e. The molecule has 0 spiro atoms. The van der Waals surface area contributed by atoms with Crippen molar-refractivity contribution in [3.63, 3.8) is 0 Å². The van der Waals surface area contributed by atoms with Crippen LogP contribution in [-0.4, -0.2) is 13.1 Å². The van der Waals surface area contributed by atoms with Gasteiger partial charge in [-0.05, 0) is 57.3 Å². The van der Waals surface area contributed by atoms with Gasteiger partial charge in [-0.1, -0.05) is 31.1 Å². The van der Waals surface area contributed by atoms with Crippen LogP contribution < -0.4 is 0 Å². The van der Waals surface area contributed by atoms with E-state index in [1.165, 1.54) is 31.9 Å². The largest absolute Gasteiger partial charge is 0.466 e. The molecule has 0 aromatic carbocycles. The minimum Gasteiger partial charge on any atom is -0.466 e. The first-order chi connectivity index (χ1) is 8.85. The zero-order chi connectivity index (χ0) is 14.5. The Bertz CT molecular complexity index is 375. The van der Waals surface area contributed by atoms with Gasteiger partial charge in [0.2, 0.25) is 0 Å². The molecule has 0 amide bonds. The van der Waals surface area contributed by atoms with Crippen molar-refractivity contribution in [1.29, 1.82) is 0 Å². The average molecular weight is 264 g/mol. The zero-order valence-electron chi connectivity index (χ0n) is 13.1. The number of ether oxygens (including phenoxy) is 1. The number of hydrogen-bond acceptors (Lipinski definition) is 2. The number of esters is 1. The Labute approximate surface area is 117 Å². The van der Waals surface area contributed by atoms with Gasteiger partial charge >= 0.3 is 5.97 Å². The molecule has 0 aromatic rings. The number of carbonyl (C=O) groups excluding carboxylic acids is 1. The Morgan fingerprint density at radius 1 is 1.26 bits per heavy atom. The molecule has 0 bridgehead atoms. The second-order valence-electron chi connectivity index (χ2n) is 6.53. The van der Waals surface area contributed by atoms with E-state index in [1.807, 2.05) is 6.92 Å². The first kappa shape index (κ1) is 16.0. The summed E-state index contributed by atoms with van der Waals surface area (Å²) in [6.45, 7) is 8.91. The van der Waals surface area contributed by atoms with Crippen molar-refractivity contribution in [3.05, 3.63) is 23.3 Å². The van der Waals surface area contributed by atoms with Gasteiger partial charge < -0.3 is 4.74 Å². The Morgan fingerprint density at radius 2 is 1.89 bits per heavy atom. The lowest BCUT2D eigenvalue weighted by Gasteiger charge is -2.04. The van der Waals surface area contributed by atoms with E-state index in [-0.39, 0.29) is 5.97 Å². The van der Waals surface area contributed by atoms with Gasteiger partial charge in [0, 0.05) is 6.08 Å². The Hall–Kier alpha value is -1.05. The highest BCUT2D eigenvalue weighted by molar-refractivity contribution is 5.82. The van der Waals surface area contributed by atoms with Crippen molar-refractivity contribution >= 4 is 5.97 Å². The lowest BCUT2D eigenvalue weighted by molar-refractivity contribution is -0.134. The van der Waals surface area contributed by atoms with E-state index in [9.17, 15) is 4.79 Å². The third kappa shape index (κ3) is 6.09. The van der Waals surface area contributed by atoms with Crippen LogP contribution in [0, 0.1) is 11.3 Å². The SMILES string of the molecule is COC(=O)/C=C(\C)CC/C=C(\C)CCC1CC1(C)C. The van der Waals surface area contributed by atoms with Gasteiger partial charge in [-0.2, -0.15) is 0 Å². The summed E-state index contributed by atoms with van der Waals surface area (Å²) in [7, 11) is 1.41. The van der Waals surface area contributed by atoms with Crippen molar-refractivity contribution in [1.82, 2.24) is 0 Å². The van der Waals surface area contributed by atoms with Crippen LogP contribution in [0.25, 0.3) is 0 Å². The molecule has 1 aliphatic carbocycles. The maximum atomic E-state index is 11.1. The van der Waals surface area contributed by atoms with Crippen molar-refractivity contribution in [2.75, 3.05) is 7.11 Å². The van der Waals surface area contributed by atoms with Crippen molar-refractivity contribution in [3.8, 4) is 0 Å². The molecule has 108 valence electrons. The monoisotopic (exact) mass is 264 g/mol. The number of hydrogen-bond donors (Lipinski definition) is 0. The topological polar surface area (TPSA) is 26.3 Å². The van der Waals surface area contributed by atoms with Crippen LogP contribution in [0.5, 0.6) is 0 Å². The summed E-state index contributed by atoms with van der Waals surface area (Å²) in [5.41, 5.74) is 3.16. The van der Waals surface area contributed by atoms with E-state index in [0.717, 1.165) is 24.3 Å². The molecular weight excluding hydrogens is 236 g/mol. The molecule has 19 heavy (non-hydrogen) atoms. The normalized spacial score (nSPS) is 22.3. The number of carbonyl (C=O) groups is 1. The van der Waals surface area contributed by atoms with Crippen LogP contribution in [0.4, 0.5) is 0 Å². The molecule has 2 heteroatoms. The third-order valence-electron chi connectivity index (χ3n) is 4.20. The number of methoxy groups -OCH3 is 1. The van der Waals surface area contributed by atoms with E-state index in [2.05, 4.69) is 31.6 Å². The summed E-state index contributed by atoms with van der Waals surface area (Å²) >= 11 is 0. The van der Waals surface area contributed by atoms with Crippen molar-refractivity contribution in [2.45, 2.75) is 59.8 Å². The van der Waals surface area contributed by atoms with Gasteiger partial charge in [0.1, 0.15) is 0 Å². The van der Waals surface area contributed by atoms with E-state index in [0.29, 0.717) is 5.41 Å². The molecule has 1 fully saturated rings. The van der Waals surface area contributed by atoms with Gasteiger partial charge in [0.15, 0.2) is 0 Å². The second-order valence-corrected chi connectivity index (χ2v) is 6.53. The molecule has 0 radical (unpaired) electrons. The predicted octanol–water partition coefficient (Wildman–Crippen LogP) is 4.66. The highest BCUT2D eigenvalue weighted by atomic mass is 16.5. The first-order valence-corrected chi connectivity index (χ1v) is 7.26. The fraction of sp³-hybridized carbons (Fsp3) is 0.706. The second kappa shape index (κ2) is 6.93. The Kier molecular flexibility index (Phi) is 5.84. The molecule has 0 heterocycles. The summed E-state index contributed by atoms with van der Waals surface area (Å²) in [4.78, 5) is 11.1. The fourth-order valence-electron chi connectivity index (χ4n) is 2.45. The molecular formula is C17H28O2. The highest BCUT2D eigenvalue weighted by Crippen LogP contribution is 2.54. The molecule has 0 saturated heterocycles. The van der Waals surface area contributed by atoms with E-state index in [4.69, 9.17) is 0 Å². The summed E-state index contributed by atoms with van der Waals surface area (Å²) < 4.78 is 4.61. The standard InChI is InChI=1S/C17H28O2/c1-13(9-10-15-12-17(15,3)4)7-6-8-14(2)11-16(18)19-5/h7,11,15H,6,8-10,12H2,1-5H3/b13-7+,14-11+. The summed E-state index contributed by atoms with van der Waals surface area (Å²) in [5, 5.41) is 0. The molecule has 1 atom stereocenters. The first-order valence-electron chi connectivity index (χ1n) is 7.26. The summed E-state index contributed by atoms with van der Waals surface area (Å²) in [5.74, 6) is 0.672. The van der Waals surface area contributed by atoms with Crippen molar-refractivity contribution < 1.29 is 9.53 Å². The van der Waals surface area contributed by atoms with Gasteiger partial charge in [-0.3, -0.25) is 0 Å². The van der Waals surface area contributed by atoms with E-state index >= 15 is 0 Å². The quantitative estimate of drug-likeness (QED) is 0.380. The molecule has 1 saturated carbocycles. The molecule has 1 unspecified atom stereocenters. The van der Waals surface area contributed by atoms with Crippen LogP contribution >= 0.6 is 0 Å². The van der Waals surface area contributed by atoms with Crippen LogP contribution in [0.1, 0.15) is 59.8 Å². The predicted molar refractivity (Wildman–Crippen MR) is 79.9 cm³/mol. The van der Waals surface area contributed by atoms with Crippen LogP contribution in [0.3, 0.4) is 0 Å². The lowest BCUT2D eigenvalue weighted by atomic mass is 10.0. The van der Waals surface area contributed by atoms with Gasteiger partial charge in [-0.25, -0.2) is 4.79 Å². The van der Waals surface area contributed by atoms with Gasteiger partial charge in [0.05, 0.1) is 7.11 Å². The van der Waals surface area contributed by atoms with E-state index in [1.54, 1.807) is 6.08 Å². The molecule has 0 aromatic heterocycles.